The van der Waals surface area contributed by atoms with Crippen LogP contribution in [0.2, 0.25) is 0 Å². The average molecular weight is 758 g/mol. The van der Waals surface area contributed by atoms with Crippen LogP contribution < -0.4 is 4.89 Å². The van der Waals surface area contributed by atoms with Gasteiger partial charge in [0.25, 0.3) is 7.82 Å². The summed E-state index contributed by atoms with van der Waals surface area (Å²) >= 11 is 0. The number of phosphoric acid groups is 1. The second-order valence-corrected chi connectivity index (χ2v) is 16.8. The molecule has 0 saturated carbocycles. The molecule has 0 amide bonds. The predicted octanol–water partition coefficient (Wildman–Crippen LogP) is 10.9. The molecule has 0 saturated heterocycles. The van der Waals surface area contributed by atoms with Gasteiger partial charge in [0.15, 0.2) is 6.10 Å². The third kappa shape index (κ3) is 38.2. The summed E-state index contributed by atoms with van der Waals surface area (Å²) < 4.78 is 33.8. The van der Waals surface area contributed by atoms with E-state index in [2.05, 4.69) is 38.2 Å². The van der Waals surface area contributed by atoms with E-state index in [0.717, 1.165) is 64.2 Å². The molecule has 0 aliphatic heterocycles. The normalized spacial score (nSPS) is 13.9. The van der Waals surface area contributed by atoms with Gasteiger partial charge in [0.05, 0.1) is 27.7 Å². The molecule has 0 aliphatic carbocycles. The summed E-state index contributed by atoms with van der Waals surface area (Å²) in [4.78, 5) is 37.4. The highest BCUT2D eigenvalue weighted by atomic mass is 31.2. The van der Waals surface area contributed by atoms with Crippen LogP contribution in [-0.4, -0.2) is 70.0 Å². The molecule has 0 bridgehead atoms. The molecule has 9 nitrogen and oxygen atoms in total. The molecule has 0 N–H and O–H groups in total. The van der Waals surface area contributed by atoms with Gasteiger partial charge in [-0.2, -0.15) is 0 Å². The van der Waals surface area contributed by atoms with Crippen LogP contribution in [-0.2, 0) is 32.7 Å². The van der Waals surface area contributed by atoms with Crippen molar-refractivity contribution < 1.29 is 42.1 Å². The molecule has 0 spiro atoms. The second kappa shape index (κ2) is 35.2. The van der Waals surface area contributed by atoms with Crippen LogP contribution in [0.1, 0.15) is 181 Å². The fraction of sp³-hybridized carbons (Fsp3) is 0.857. The van der Waals surface area contributed by atoms with Gasteiger partial charge in [0.2, 0.25) is 0 Å². The van der Waals surface area contributed by atoms with Crippen molar-refractivity contribution in [1.29, 1.82) is 0 Å². The smallest absolute Gasteiger partial charge is 0.306 e. The van der Waals surface area contributed by atoms with Gasteiger partial charge in [0, 0.05) is 12.8 Å². The third-order valence-electron chi connectivity index (χ3n) is 8.94. The van der Waals surface area contributed by atoms with Crippen LogP contribution in [0.3, 0.4) is 0 Å². The fourth-order valence-corrected chi connectivity index (χ4v) is 6.31. The van der Waals surface area contributed by atoms with Gasteiger partial charge < -0.3 is 27.9 Å². The lowest BCUT2D eigenvalue weighted by atomic mass is 10.1. The molecule has 2 atom stereocenters. The Labute approximate surface area is 319 Å². The number of likely N-dealkylation sites (N-methyl/N-ethyl adjacent to an activating group) is 1. The maximum atomic E-state index is 12.6. The van der Waals surface area contributed by atoms with E-state index in [-0.39, 0.29) is 26.1 Å². The van der Waals surface area contributed by atoms with Crippen LogP contribution in [0, 0.1) is 0 Å². The molecule has 0 radical (unpaired) electrons. The number of hydrogen-bond acceptors (Lipinski definition) is 8. The predicted molar refractivity (Wildman–Crippen MR) is 213 cm³/mol. The standard InChI is InChI=1S/C42H80NO8P/c1-6-8-10-12-14-16-18-20-21-23-25-27-29-31-33-35-42(45)51-40(39-50-52(46,47)49-37-36-43(3,4)5)38-48-41(44)34-32-30-28-26-24-22-19-17-15-13-11-9-7-2/h16-19,40H,6-15,20-39H2,1-5H3/b18-16+,19-17+/t40-/m1/s1. The number of ether oxygens (including phenoxy) is 2. The number of phosphoric ester groups is 1. The van der Waals surface area contributed by atoms with Gasteiger partial charge in [-0.1, -0.05) is 128 Å². The van der Waals surface area contributed by atoms with Crippen molar-refractivity contribution in [1.82, 2.24) is 0 Å². The first-order valence-corrected chi connectivity index (χ1v) is 22.5. The quantitative estimate of drug-likeness (QED) is 0.0201. The number of esters is 2. The van der Waals surface area contributed by atoms with E-state index in [0.29, 0.717) is 17.4 Å². The Hall–Kier alpha value is -1.51. The van der Waals surface area contributed by atoms with Crippen LogP contribution in [0.25, 0.3) is 0 Å². The first kappa shape index (κ1) is 50.5. The SMILES string of the molecule is CCCCCC/C=C/CCCCCCCCCC(=O)O[C@H](COC(=O)CCCCCCC/C=C/CCCCCC)COP(=O)([O-])OCC[N+](C)(C)C. The van der Waals surface area contributed by atoms with E-state index in [1.807, 2.05) is 21.1 Å². The van der Waals surface area contributed by atoms with Crippen molar-refractivity contribution in [3.63, 3.8) is 0 Å². The zero-order valence-corrected chi connectivity index (χ0v) is 35.2. The molecule has 0 rings (SSSR count). The lowest BCUT2D eigenvalue weighted by Gasteiger charge is -2.28. The minimum Gasteiger partial charge on any atom is -0.756 e. The largest absolute Gasteiger partial charge is 0.756 e. The maximum Gasteiger partial charge on any atom is 0.306 e. The van der Waals surface area contributed by atoms with Crippen molar-refractivity contribution in [2.24, 2.45) is 0 Å². The monoisotopic (exact) mass is 758 g/mol. The van der Waals surface area contributed by atoms with Crippen molar-refractivity contribution in [3.05, 3.63) is 24.3 Å². The van der Waals surface area contributed by atoms with E-state index in [1.165, 1.54) is 83.5 Å². The Morgan fingerprint density at radius 2 is 0.981 bits per heavy atom. The Morgan fingerprint density at radius 3 is 1.42 bits per heavy atom. The Balaban J connectivity index is 4.40. The first-order chi connectivity index (χ1) is 25.0. The summed E-state index contributed by atoms with van der Waals surface area (Å²) in [5, 5.41) is 0. The average Bonchev–Trinajstić information content (AvgIpc) is 3.09. The zero-order chi connectivity index (χ0) is 38.6. The number of unbranched alkanes of at least 4 members (excludes halogenated alkanes) is 20. The van der Waals surface area contributed by atoms with E-state index < -0.39 is 32.5 Å². The molecule has 0 aromatic rings. The number of nitrogens with zero attached hydrogens (tertiary/aromatic N) is 1. The molecule has 52 heavy (non-hydrogen) atoms. The molecule has 10 heteroatoms. The minimum absolute atomic E-state index is 0.0320. The van der Waals surface area contributed by atoms with E-state index in [4.69, 9.17) is 18.5 Å². The molecule has 0 heterocycles. The number of hydrogen-bond donors (Lipinski definition) is 0. The van der Waals surface area contributed by atoms with Gasteiger partial charge in [-0.25, -0.2) is 0 Å². The Kier molecular flexibility index (Phi) is 34.2. The number of quaternary nitrogens is 1. The van der Waals surface area contributed by atoms with E-state index in [1.54, 1.807) is 0 Å². The maximum absolute atomic E-state index is 12.6. The van der Waals surface area contributed by atoms with E-state index >= 15 is 0 Å². The molecule has 0 fully saturated rings. The first-order valence-electron chi connectivity index (χ1n) is 21.0. The summed E-state index contributed by atoms with van der Waals surface area (Å²) in [6.45, 7) is 4.18. The van der Waals surface area contributed by atoms with Crippen molar-refractivity contribution in [3.8, 4) is 0 Å². The van der Waals surface area contributed by atoms with Crippen LogP contribution in [0.5, 0.6) is 0 Å². The summed E-state index contributed by atoms with van der Waals surface area (Å²) in [7, 11) is 1.16. The summed E-state index contributed by atoms with van der Waals surface area (Å²) in [6.07, 6.45) is 36.2. The Bertz CT molecular complexity index is 949. The minimum atomic E-state index is -4.62. The van der Waals surface area contributed by atoms with Crippen molar-refractivity contribution >= 4 is 19.8 Å². The molecule has 1 unspecified atom stereocenters. The molecule has 0 aromatic heterocycles. The molecule has 0 aromatic carbocycles. The number of allylic oxidation sites excluding steroid dienone is 4. The van der Waals surface area contributed by atoms with Gasteiger partial charge >= 0.3 is 11.9 Å². The van der Waals surface area contributed by atoms with Gasteiger partial charge in [-0.3, -0.25) is 14.2 Å². The molecular weight excluding hydrogens is 677 g/mol. The third-order valence-corrected chi connectivity index (χ3v) is 9.91. The fourth-order valence-electron chi connectivity index (χ4n) is 5.58. The highest BCUT2D eigenvalue weighted by molar-refractivity contribution is 7.45. The second-order valence-electron chi connectivity index (χ2n) is 15.3. The van der Waals surface area contributed by atoms with Gasteiger partial charge in [-0.15, -0.1) is 0 Å². The summed E-state index contributed by atoms with van der Waals surface area (Å²) in [6, 6.07) is 0. The molecule has 306 valence electrons. The van der Waals surface area contributed by atoms with Crippen LogP contribution in [0.4, 0.5) is 0 Å². The lowest BCUT2D eigenvalue weighted by molar-refractivity contribution is -0.870. The van der Waals surface area contributed by atoms with Crippen LogP contribution >= 0.6 is 7.82 Å². The van der Waals surface area contributed by atoms with Gasteiger partial charge in [0.1, 0.15) is 19.8 Å². The highest BCUT2D eigenvalue weighted by Crippen LogP contribution is 2.38. The van der Waals surface area contributed by atoms with Crippen molar-refractivity contribution in [2.45, 2.75) is 187 Å². The topological polar surface area (TPSA) is 111 Å². The summed E-state index contributed by atoms with van der Waals surface area (Å²) in [5.41, 5.74) is 0. The zero-order valence-electron chi connectivity index (χ0n) is 34.3. The lowest BCUT2D eigenvalue weighted by Crippen LogP contribution is -2.37. The number of rotatable bonds is 38. The van der Waals surface area contributed by atoms with Gasteiger partial charge in [-0.05, 0) is 64.2 Å². The Morgan fingerprint density at radius 1 is 0.577 bits per heavy atom. The summed E-state index contributed by atoms with van der Waals surface area (Å²) in [5.74, 6) is -0.848. The van der Waals surface area contributed by atoms with E-state index in [9.17, 15) is 19.0 Å². The van der Waals surface area contributed by atoms with Crippen LogP contribution in [0.15, 0.2) is 24.3 Å². The highest BCUT2D eigenvalue weighted by Gasteiger charge is 2.21. The number of carbonyl (C=O) groups excluding carboxylic acids is 2. The van der Waals surface area contributed by atoms with Crippen molar-refractivity contribution in [2.75, 3.05) is 47.5 Å². The number of carbonyl (C=O) groups is 2. The molecular formula is C42H80NO8P. The molecule has 0 aliphatic rings.